The van der Waals surface area contributed by atoms with Crippen LogP contribution in [0.1, 0.15) is 31.3 Å². The van der Waals surface area contributed by atoms with Crippen molar-refractivity contribution in [1.82, 2.24) is 20.1 Å². The Hall–Kier alpha value is -3.48. The number of ether oxygens (including phenoxy) is 1. The summed E-state index contributed by atoms with van der Waals surface area (Å²) in [4.78, 5) is 13.6. The summed E-state index contributed by atoms with van der Waals surface area (Å²) in [5, 5.41) is 8.42. The Morgan fingerprint density at radius 1 is 1.04 bits per heavy atom. The molecule has 0 spiro atoms. The van der Waals surface area contributed by atoms with Gasteiger partial charge in [0.05, 0.1) is 18.4 Å². The molecule has 4 rings (SSSR count). The van der Waals surface area contributed by atoms with Crippen LogP contribution < -0.4 is 10.1 Å². The Morgan fingerprint density at radius 3 is 2.50 bits per heavy atom. The van der Waals surface area contributed by atoms with Gasteiger partial charge in [-0.25, -0.2) is 9.97 Å². The monoisotopic (exact) mass is 375 g/mol. The lowest BCUT2D eigenvalue weighted by atomic mass is 10.1. The number of hydrogen-bond acceptors (Lipinski definition) is 7. The minimum absolute atomic E-state index is 0.174. The highest BCUT2D eigenvalue weighted by molar-refractivity contribution is 5.98. The molecule has 0 saturated heterocycles. The first-order valence-electron chi connectivity index (χ1n) is 9.06. The molecular weight excluding hydrogens is 354 g/mol. The van der Waals surface area contributed by atoms with Gasteiger partial charge in [-0.2, -0.15) is 4.98 Å². The van der Waals surface area contributed by atoms with Crippen molar-refractivity contribution >= 4 is 22.4 Å². The van der Waals surface area contributed by atoms with Gasteiger partial charge in [-0.1, -0.05) is 19.0 Å². The van der Waals surface area contributed by atoms with Crippen molar-refractivity contribution in [2.45, 2.75) is 26.7 Å². The molecule has 142 valence electrons. The van der Waals surface area contributed by atoms with Gasteiger partial charge in [0.1, 0.15) is 5.75 Å². The van der Waals surface area contributed by atoms with E-state index in [2.05, 4.69) is 25.4 Å². The van der Waals surface area contributed by atoms with Gasteiger partial charge in [-0.15, -0.1) is 0 Å². The number of aromatic nitrogens is 4. The van der Waals surface area contributed by atoms with Gasteiger partial charge in [0.25, 0.3) is 5.89 Å². The quantitative estimate of drug-likeness (QED) is 0.533. The summed E-state index contributed by atoms with van der Waals surface area (Å²) < 4.78 is 10.8. The highest BCUT2D eigenvalue weighted by Gasteiger charge is 2.18. The van der Waals surface area contributed by atoms with Crippen LogP contribution in [0.2, 0.25) is 0 Å². The number of fused-ring (bicyclic) bond motifs is 1. The van der Waals surface area contributed by atoms with Gasteiger partial charge in [-0.3, -0.25) is 0 Å². The van der Waals surface area contributed by atoms with Crippen molar-refractivity contribution in [3.05, 3.63) is 54.1 Å². The second-order valence-corrected chi connectivity index (χ2v) is 6.84. The first-order chi connectivity index (χ1) is 13.5. The van der Waals surface area contributed by atoms with Gasteiger partial charge in [0, 0.05) is 28.9 Å². The lowest BCUT2D eigenvalue weighted by Gasteiger charge is -2.13. The lowest BCUT2D eigenvalue weighted by Crippen LogP contribution is -1.99. The molecule has 0 aliphatic rings. The van der Waals surface area contributed by atoms with Gasteiger partial charge in [0.2, 0.25) is 0 Å². The zero-order chi connectivity index (χ0) is 19.7. The van der Waals surface area contributed by atoms with Gasteiger partial charge >= 0.3 is 0 Å². The van der Waals surface area contributed by atoms with Crippen LogP contribution >= 0.6 is 0 Å². The number of nitrogens with zero attached hydrogens (tertiary/aromatic N) is 4. The smallest absolute Gasteiger partial charge is 0.261 e. The van der Waals surface area contributed by atoms with Crippen LogP contribution in [-0.2, 0) is 0 Å². The van der Waals surface area contributed by atoms with Crippen molar-refractivity contribution in [2.75, 3.05) is 12.4 Å². The van der Waals surface area contributed by atoms with Crippen LogP contribution in [0.15, 0.2) is 47.1 Å². The van der Waals surface area contributed by atoms with Crippen molar-refractivity contribution in [3.63, 3.8) is 0 Å². The highest BCUT2D eigenvalue weighted by Crippen LogP contribution is 2.35. The molecule has 7 heteroatoms. The molecule has 0 saturated carbocycles. The molecule has 0 bridgehead atoms. The maximum atomic E-state index is 5.52. The minimum Gasteiger partial charge on any atom is -0.497 e. The van der Waals surface area contributed by atoms with Crippen molar-refractivity contribution < 1.29 is 9.26 Å². The number of methoxy groups -OCH3 is 1. The van der Waals surface area contributed by atoms with Gasteiger partial charge in [-0.05, 0) is 43.3 Å². The van der Waals surface area contributed by atoms with E-state index in [-0.39, 0.29) is 5.92 Å². The standard InChI is InChI=1S/C21H21N5O2/c1-12(2)19-25-21(28-26-19)17-11-22-20-16(10-5-13(3)23-20)18(17)24-14-6-8-15(27-4)9-7-14/h5-12H,1-4H3,(H,22,23,24). The molecule has 0 radical (unpaired) electrons. The molecule has 0 amide bonds. The Kier molecular flexibility index (Phi) is 4.65. The average molecular weight is 375 g/mol. The van der Waals surface area contributed by atoms with Crippen molar-refractivity contribution in [2.24, 2.45) is 0 Å². The minimum atomic E-state index is 0.174. The summed E-state index contributed by atoms with van der Waals surface area (Å²) in [5.41, 5.74) is 4.01. The molecule has 28 heavy (non-hydrogen) atoms. The maximum absolute atomic E-state index is 5.52. The third kappa shape index (κ3) is 3.38. The van der Waals surface area contributed by atoms with Crippen LogP contribution in [-0.4, -0.2) is 27.2 Å². The normalized spacial score (nSPS) is 11.2. The van der Waals surface area contributed by atoms with E-state index in [0.29, 0.717) is 17.4 Å². The molecule has 0 aliphatic heterocycles. The molecule has 0 unspecified atom stereocenters. The summed E-state index contributed by atoms with van der Waals surface area (Å²) in [6.45, 7) is 5.99. The third-order valence-electron chi connectivity index (χ3n) is 4.42. The second-order valence-electron chi connectivity index (χ2n) is 6.84. The zero-order valence-corrected chi connectivity index (χ0v) is 16.2. The molecule has 7 nitrogen and oxygen atoms in total. The van der Waals surface area contributed by atoms with Gasteiger partial charge < -0.3 is 14.6 Å². The molecule has 1 aromatic carbocycles. The summed E-state index contributed by atoms with van der Waals surface area (Å²) in [6.07, 6.45) is 1.72. The molecule has 4 aromatic rings. The van der Waals surface area contributed by atoms with Crippen LogP contribution in [0.5, 0.6) is 5.75 Å². The SMILES string of the molecule is COc1ccc(Nc2c(-c3nc(C(C)C)no3)cnc3nc(C)ccc23)cc1. The zero-order valence-electron chi connectivity index (χ0n) is 16.2. The van der Waals surface area contributed by atoms with Crippen LogP contribution in [0.25, 0.3) is 22.5 Å². The molecule has 0 atom stereocenters. The number of hydrogen-bond donors (Lipinski definition) is 1. The summed E-state index contributed by atoms with van der Waals surface area (Å²) >= 11 is 0. The van der Waals surface area contributed by atoms with Crippen molar-refractivity contribution in [1.29, 1.82) is 0 Å². The Balaban J connectivity index is 1.85. The number of nitrogens with one attached hydrogen (secondary N) is 1. The van der Waals surface area contributed by atoms with E-state index in [9.17, 15) is 0 Å². The first-order valence-corrected chi connectivity index (χ1v) is 9.06. The van der Waals surface area contributed by atoms with Crippen LogP contribution in [0, 0.1) is 6.92 Å². The van der Waals surface area contributed by atoms with E-state index in [1.54, 1.807) is 13.3 Å². The van der Waals surface area contributed by atoms with E-state index in [4.69, 9.17) is 9.26 Å². The predicted octanol–water partition coefficient (Wildman–Crippen LogP) is 4.86. The molecule has 3 heterocycles. The number of pyridine rings is 2. The Labute approximate surface area is 162 Å². The molecule has 3 aromatic heterocycles. The molecule has 0 fully saturated rings. The number of anilines is 2. The van der Waals surface area contributed by atoms with Crippen LogP contribution in [0.4, 0.5) is 11.4 Å². The fourth-order valence-electron chi connectivity index (χ4n) is 2.87. The number of aryl methyl sites for hydroxylation is 1. The van der Waals surface area contributed by atoms with Crippen LogP contribution in [0.3, 0.4) is 0 Å². The molecular formula is C21H21N5O2. The van der Waals surface area contributed by atoms with E-state index < -0.39 is 0 Å². The highest BCUT2D eigenvalue weighted by atomic mass is 16.5. The lowest BCUT2D eigenvalue weighted by molar-refractivity contribution is 0.415. The number of benzene rings is 1. The first kappa shape index (κ1) is 17.9. The maximum Gasteiger partial charge on any atom is 0.261 e. The van der Waals surface area contributed by atoms with Gasteiger partial charge in [0.15, 0.2) is 11.5 Å². The Bertz CT molecular complexity index is 1120. The largest absolute Gasteiger partial charge is 0.497 e. The topological polar surface area (TPSA) is 86.0 Å². The van der Waals surface area contributed by atoms with E-state index in [1.807, 2.05) is 57.2 Å². The van der Waals surface area contributed by atoms with E-state index in [0.717, 1.165) is 33.8 Å². The second kappa shape index (κ2) is 7.26. The molecule has 0 aliphatic carbocycles. The summed E-state index contributed by atoms with van der Waals surface area (Å²) in [6, 6.07) is 11.7. The van der Waals surface area contributed by atoms with E-state index >= 15 is 0 Å². The third-order valence-corrected chi connectivity index (χ3v) is 4.42. The fraction of sp³-hybridized carbons (Fsp3) is 0.238. The predicted molar refractivity (Wildman–Crippen MR) is 108 cm³/mol. The fourth-order valence-corrected chi connectivity index (χ4v) is 2.87. The van der Waals surface area contributed by atoms with Crippen molar-refractivity contribution in [3.8, 4) is 17.2 Å². The summed E-state index contributed by atoms with van der Waals surface area (Å²) in [7, 11) is 1.65. The average Bonchev–Trinajstić information content (AvgIpc) is 3.19. The van der Waals surface area contributed by atoms with E-state index in [1.165, 1.54) is 0 Å². The molecule has 1 N–H and O–H groups in total. The number of rotatable bonds is 5. The Morgan fingerprint density at radius 2 is 1.82 bits per heavy atom. The summed E-state index contributed by atoms with van der Waals surface area (Å²) in [5.74, 6) is 2.05.